The molecule has 1 fully saturated rings. The normalized spacial score (nSPS) is 20.5. The molecule has 1 saturated carbocycles. The van der Waals surface area contributed by atoms with Crippen LogP contribution in [0.1, 0.15) is 26.2 Å². The van der Waals surface area contributed by atoms with Crippen molar-refractivity contribution in [3.63, 3.8) is 0 Å². The number of methoxy groups -OCH3 is 2. The molecule has 0 bridgehead atoms. The number of ether oxygens (including phenoxy) is 2. The second-order valence-corrected chi connectivity index (χ2v) is 4.30. The third kappa shape index (κ3) is 3.18. The van der Waals surface area contributed by atoms with Crippen molar-refractivity contribution in [2.75, 3.05) is 27.3 Å². The van der Waals surface area contributed by atoms with Gasteiger partial charge in [-0.15, -0.1) is 0 Å². The third-order valence-electron chi connectivity index (χ3n) is 3.20. The van der Waals surface area contributed by atoms with Gasteiger partial charge in [-0.2, -0.15) is 0 Å². The fourth-order valence-corrected chi connectivity index (χ4v) is 1.83. The highest BCUT2D eigenvalue weighted by atomic mass is 16.5. The Bertz CT molecular complexity index is 208. The van der Waals surface area contributed by atoms with Crippen LogP contribution in [0.15, 0.2) is 0 Å². The van der Waals surface area contributed by atoms with Crippen LogP contribution in [0.3, 0.4) is 0 Å². The lowest BCUT2D eigenvalue weighted by molar-refractivity contribution is -0.144. The van der Waals surface area contributed by atoms with Gasteiger partial charge in [-0.05, 0) is 19.3 Å². The minimum Gasteiger partial charge on any atom is -0.469 e. The molecule has 1 N–H and O–H groups in total. The van der Waals surface area contributed by atoms with Gasteiger partial charge in [0.15, 0.2) is 0 Å². The van der Waals surface area contributed by atoms with E-state index in [2.05, 4.69) is 10.1 Å². The van der Waals surface area contributed by atoms with E-state index in [1.54, 1.807) is 7.11 Å². The molecule has 1 rings (SSSR count). The molecule has 0 saturated heterocycles. The Hall–Kier alpha value is -0.610. The fraction of sp³-hybridized carbons (Fsp3) is 0.909. The molecule has 1 aliphatic carbocycles. The molecule has 0 heterocycles. The zero-order chi connectivity index (χ0) is 11.3. The van der Waals surface area contributed by atoms with Crippen molar-refractivity contribution in [1.29, 1.82) is 0 Å². The second kappa shape index (κ2) is 5.47. The zero-order valence-corrected chi connectivity index (χ0v) is 9.84. The summed E-state index contributed by atoms with van der Waals surface area (Å²) in [5, 5.41) is 3.27. The highest BCUT2D eigenvalue weighted by molar-refractivity contribution is 5.71. The average Bonchev–Trinajstić information content (AvgIpc) is 2.20. The Balaban J connectivity index is 2.18. The molecular formula is C11H21NO3. The summed E-state index contributed by atoms with van der Waals surface area (Å²) in [5.74, 6) is -0.258. The highest BCUT2D eigenvalue weighted by Crippen LogP contribution is 2.34. The molecule has 1 unspecified atom stereocenters. The largest absolute Gasteiger partial charge is 0.469 e. The summed E-state index contributed by atoms with van der Waals surface area (Å²) in [6.07, 6.45) is 3.47. The van der Waals surface area contributed by atoms with E-state index in [0.29, 0.717) is 6.54 Å². The van der Waals surface area contributed by atoms with Gasteiger partial charge in [0.1, 0.15) is 0 Å². The van der Waals surface area contributed by atoms with Gasteiger partial charge in [0.05, 0.1) is 18.6 Å². The number of carbonyl (C=O) groups excluding carboxylic acids is 1. The van der Waals surface area contributed by atoms with Crippen LogP contribution < -0.4 is 5.32 Å². The Labute approximate surface area is 91.3 Å². The Kier molecular flexibility index (Phi) is 4.54. The van der Waals surface area contributed by atoms with Crippen molar-refractivity contribution < 1.29 is 14.3 Å². The van der Waals surface area contributed by atoms with E-state index in [-0.39, 0.29) is 17.5 Å². The lowest BCUT2D eigenvalue weighted by atomic mass is 9.80. The number of esters is 1. The van der Waals surface area contributed by atoms with E-state index in [1.807, 2.05) is 6.92 Å². The molecule has 0 radical (unpaired) electrons. The predicted octanol–water partition coefficient (Wildman–Crippen LogP) is 0.954. The molecule has 4 heteroatoms. The molecule has 88 valence electrons. The molecule has 4 nitrogen and oxygen atoms in total. The number of rotatable bonds is 6. The first-order valence-electron chi connectivity index (χ1n) is 5.47. The number of carbonyl (C=O) groups is 1. The van der Waals surface area contributed by atoms with Crippen LogP contribution in [0.25, 0.3) is 0 Å². The fourth-order valence-electron chi connectivity index (χ4n) is 1.83. The van der Waals surface area contributed by atoms with Gasteiger partial charge < -0.3 is 14.8 Å². The van der Waals surface area contributed by atoms with E-state index in [9.17, 15) is 4.79 Å². The van der Waals surface area contributed by atoms with Crippen LogP contribution in [0.4, 0.5) is 0 Å². The molecule has 15 heavy (non-hydrogen) atoms. The van der Waals surface area contributed by atoms with E-state index < -0.39 is 0 Å². The molecular weight excluding hydrogens is 194 g/mol. The summed E-state index contributed by atoms with van der Waals surface area (Å²) >= 11 is 0. The average molecular weight is 215 g/mol. The van der Waals surface area contributed by atoms with Crippen LogP contribution in [0, 0.1) is 5.92 Å². The monoisotopic (exact) mass is 215 g/mol. The summed E-state index contributed by atoms with van der Waals surface area (Å²) in [5.41, 5.74) is 0.0237. The van der Waals surface area contributed by atoms with Gasteiger partial charge in [-0.1, -0.05) is 6.92 Å². The maximum Gasteiger partial charge on any atom is 0.309 e. The Morgan fingerprint density at radius 3 is 2.53 bits per heavy atom. The number of nitrogens with one attached hydrogen (secondary N) is 1. The van der Waals surface area contributed by atoms with E-state index >= 15 is 0 Å². The van der Waals surface area contributed by atoms with Crippen molar-refractivity contribution in [2.45, 2.75) is 31.8 Å². The van der Waals surface area contributed by atoms with Crippen LogP contribution in [-0.4, -0.2) is 38.9 Å². The SMILES string of the molecule is COC(=O)C(C)CNCC1(OC)CCC1. The van der Waals surface area contributed by atoms with Gasteiger partial charge in [-0.3, -0.25) is 4.79 Å². The minimum absolute atomic E-state index is 0.0237. The predicted molar refractivity (Wildman–Crippen MR) is 57.6 cm³/mol. The van der Waals surface area contributed by atoms with Crippen molar-refractivity contribution >= 4 is 5.97 Å². The molecule has 0 aromatic heterocycles. The maximum atomic E-state index is 11.1. The van der Waals surface area contributed by atoms with Gasteiger partial charge >= 0.3 is 5.97 Å². The lowest BCUT2D eigenvalue weighted by Crippen LogP contribution is -2.49. The first-order valence-corrected chi connectivity index (χ1v) is 5.47. The van der Waals surface area contributed by atoms with Crippen LogP contribution >= 0.6 is 0 Å². The minimum atomic E-state index is -0.164. The van der Waals surface area contributed by atoms with Crippen molar-refractivity contribution in [1.82, 2.24) is 5.32 Å². The quantitative estimate of drug-likeness (QED) is 0.670. The smallest absolute Gasteiger partial charge is 0.309 e. The number of hydrogen-bond acceptors (Lipinski definition) is 4. The standard InChI is InChI=1S/C11H21NO3/c1-9(10(13)14-2)7-12-8-11(15-3)5-4-6-11/h9,12H,4-8H2,1-3H3. The van der Waals surface area contributed by atoms with Crippen molar-refractivity contribution in [3.05, 3.63) is 0 Å². The van der Waals surface area contributed by atoms with Crippen LogP contribution in [0.5, 0.6) is 0 Å². The summed E-state index contributed by atoms with van der Waals surface area (Å²) in [4.78, 5) is 11.1. The molecule has 0 spiro atoms. The first kappa shape index (κ1) is 12.5. The maximum absolute atomic E-state index is 11.1. The third-order valence-corrected chi connectivity index (χ3v) is 3.20. The molecule has 0 aliphatic heterocycles. The molecule has 0 aromatic carbocycles. The van der Waals surface area contributed by atoms with Gasteiger partial charge in [0.2, 0.25) is 0 Å². The van der Waals surface area contributed by atoms with Gasteiger partial charge in [-0.25, -0.2) is 0 Å². The van der Waals surface area contributed by atoms with E-state index in [1.165, 1.54) is 13.5 Å². The van der Waals surface area contributed by atoms with Crippen LogP contribution in [-0.2, 0) is 14.3 Å². The van der Waals surface area contributed by atoms with Crippen LogP contribution in [0.2, 0.25) is 0 Å². The molecule has 1 aliphatic rings. The molecule has 0 aromatic rings. The molecule has 1 atom stereocenters. The van der Waals surface area contributed by atoms with E-state index in [4.69, 9.17) is 4.74 Å². The van der Waals surface area contributed by atoms with Gasteiger partial charge in [0, 0.05) is 20.2 Å². The zero-order valence-electron chi connectivity index (χ0n) is 9.84. The summed E-state index contributed by atoms with van der Waals surface area (Å²) in [6.45, 7) is 3.34. The highest BCUT2D eigenvalue weighted by Gasteiger charge is 2.36. The topological polar surface area (TPSA) is 47.6 Å². The first-order chi connectivity index (χ1) is 7.13. The van der Waals surface area contributed by atoms with Crippen molar-refractivity contribution in [2.24, 2.45) is 5.92 Å². The van der Waals surface area contributed by atoms with Crippen molar-refractivity contribution in [3.8, 4) is 0 Å². The van der Waals surface area contributed by atoms with Gasteiger partial charge in [0.25, 0.3) is 0 Å². The summed E-state index contributed by atoms with van der Waals surface area (Å²) in [6, 6.07) is 0. The Morgan fingerprint density at radius 2 is 2.13 bits per heavy atom. The number of hydrogen-bond donors (Lipinski definition) is 1. The molecule has 0 amide bonds. The summed E-state index contributed by atoms with van der Waals surface area (Å²) < 4.78 is 10.1. The second-order valence-electron chi connectivity index (χ2n) is 4.30. The van der Waals surface area contributed by atoms with E-state index in [0.717, 1.165) is 19.4 Å². The summed E-state index contributed by atoms with van der Waals surface area (Å²) in [7, 11) is 3.17. The lowest BCUT2D eigenvalue weighted by Gasteiger charge is -2.40. The Morgan fingerprint density at radius 1 is 1.47 bits per heavy atom.